The Morgan fingerprint density at radius 1 is 0.974 bits per heavy atom. The van der Waals surface area contributed by atoms with Gasteiger partial charge in [0.1, 0.15) is 17.1 Å². The lowest BCUT2D eigenvalue weighted by molar-refractivity contribution is -0.139. The zero-order valence-corrected chi connectivity index (χ0v) is 23.7. The molecule has 1 aromatic carbocycles. The Hall–Kier alpha value is -2.70. The molecule has 0 bridgehead atoms. The second kappa shape index (κ2) is 12.0. The van der Waals surface area contributed by atoms with Gasteiger partial charge >= 0.3 is 0 Å². The number of carbonyl (C=O) groups excluding carboxylic acids is 3. The van der Waals surface area contributed by atoms with Crippen LogP contribution in [0.3, 0.4) is 0 Å². The third-order valence-electron chi connectivity index (χ3n) is 7.32. The number of halogens is 2. The van der Waals surface area contributed by atoms with Gasteiger partial charge in [-0.15, -0.1) is 0 Å². The number of piperazine rings is 1. The average Bonchev–Trinajstić information content (AvgIpc) is 3.32. The van der Waals surface area contributed by atoms with E-state index >= 15 is 0 Å². The van der Waals surface area contributed by atoms with Gasteiger partial charge in [-0.3, -0.25) is 19.3 Å². The van der Waals surface area contributed by atoms with Crippen molar-refractivity contribution in [2.75, 3.05) is 41.4 Å². The van der Waals surface area contributed by atoms with Crippen molar-refractivity contribution in [3.05, 3.63) is 53.4 Å². The lowest BCUT2D eigenvalue weighted by Gasteiger charge is -2.37. The highest BCUT2D eigenvalue weighted by Crippen LogP contribution is 2.35. The number of nitrogens with zero attached hydrogens (tertiary/aromatic N) is 3. The number of amides is 3. The highest BCUT2D eigenvalue weighted by molar-refractivity contribution is 14.1. The van der Waals surface area contributed by atoms with Gasteiger partial charge in [0.15, 0.2) is 0 Å². The van der Waals surface area contributed by atoms with Gasteiger partial charge in [-0.05, 0) is 49.9 Å². The van der Waals surface area contributed by atoms with Gasteiger partial charge in [0.05, 0.1) is 9.57 Å². The van der Waals surface area contributed by atoms with Crippen molar-refractivity contribution in [2.45, 2.75) is 25.7 Å². The lowest BCUT2D eigenvalue weighted by Crippen LogP contribution is -2.50. The Balaban J connectivity index is 1.24. The van der Waals surface area contributed by atoms with Crippen molar-refractivity contribution in [3.63, 3.8) is 0 Å². The first-order valence-electron chi connectivity index (χ1n) is 12.8. The molecule has 0 spiro atoms. The maximum absolute atomic E-state index is 13.3. The van der Waals surface area contributed by atoms with Crippen LogP contribution in [0.25, 0.3) is 11.0 Å². The highest BCUT2D eigenvalue weighted by Gasteiger charge is 2.34. The maximum atomic E-state index is 13.3. The number of pyridine rings is 1. The van der Waals surface area contributed by atoms with Crippen LogP contribution in [-0.4, -0.2) is 63.2 Å². The summed E-state index contributed by atoms with van der Waals surface area (Å²) in [6.07, 6.45) is 4.06. The maximum Gasteiger partial charge on any atom is 0.294 e. The van der Waals surface area contributed by atoms with Crippen molar-refractivity contribution in [1.82, 2.24) is 14.8 Å². The van der Waals surface area contributed by atoms with Crippen LogP contribution in [0.4, 0.5) is 11.5 Å². The molecule has 0 atom stereocenters. The van der Waals surface area contributed by atoms with Gasteiger partial charge in [0.2, 0.25) is 17.6 Å². The van der Waals surface area contributed by atoms with Crippen LogP contribution in [0.1, 0.15) is 36.2 Å². The number of benzene rings is 1. The summed E-state index contributed by atoms with van der Waals surface area (Å²) in [6, 6.07) is 10.4. The number of nitrogens with one attached hydrogen (secondary N) is 2. The summed E-state index contributed by atoms with van der Waals surface area (Å²) in [5, 5.41) is 6.75. The summed E-state index contributed by atoms with van der Waals surface area (Å²) in [4.78, 5) is 47.9. The van der Waals surface area contributed by atoms with Gasteiger partial charge in [0.25, 0.3) is 5.91 Å². The van der Waals surface area contributed by atoms with E-state index < -0.39 is 5.91 Å². The largest absolute Gasteiger partial charge is 0.449 e. The monoisotopic (exact) mass is 649 g/mol. The summed E-state index contributed by atoms with van der Waals surface area (Å²) in [6.45, 7) is 3.36. The Labute approximate surface area is 239 Å². The van der Waals surface area contributed by atoms with Crippen molar-refractivity contribution < 1.29 is 18.8 Å². The number of furan rings is 1. The molecule has 1 saturated carbocycles. The van der Waals surface area contributed by atoms with Crippen molar-refractivity contribution in [1.29, 1.82) is 0 Å². The number of rotatable bonds is 6. The molecule has 2 aromatic heterocycles. The van der Waals surface area contributed by atoms with Gasteiger partial charge in [-0.1, -0.05) is 46.3 Å². The summed E-state index contributed by atoms with van der Waals surface area (Å²) >= 11 is 8.24. The topological polar surface area (TPSA) is 108 Å². The lowest BCUT2D eigenvalue weighted by atomic mass is 9.80. The van der Waals surface area contributed by atoms with Crippen LogP contribution in [-0.2, 0) is 9.59 Å². The predicted molar refractivity (Wildman–Crippen MR) is 155 cm³/mol. The minimum absolute atomic E-state index is 0.00538. The zero-order chi connectivity index (χ0) is 26.6. The molecular formula is C27H29ClIN5O4. The molecule has 2 N–H and O–H groups in total. The number of carbonyl (C=O) groups is 3. The molecule has 3 amide bonds. The standard InChI is InChI=1S/C27H29ClIN5O4/c28-19-9-10-22(30-15-19)31-26(36)24-23(20-3-1-2-4-21(20)38-24)32-25(35)17-5-7-18(8-6-17)27(37)34-13-11-33(16-29)12-14-34/h1-4,9-10,15,17-18H,5-8,11-14,16H2,(H,32,35)(H,30,31,36). The minimum atomic E-state index is -0.525. The number of aromatic nitrogens is 1. The first-order chi connectivity index (χ1) is 18.4. The Kier molecular flexibility index (Phi) is 8.49. The van der Waals surface area contributed by atoms with Crippen molar-refractivity contribution in [2.24, 2.45) is 11.8 Å². The van der Waals surface area contributed by atoms with Gasteiger partial charge in [-0.25, -0.2) is 4.98 Å². The first kappa shape index (κ1) is 26.9. The molecular weight excluding hydrogens is 621 g/mol. The molecule has 0 unspecified atom stereocenters. The fourth-order valence-corrected chi connectivity index (χ4v) is 5.92. The summed E-state index contributed by atoms with van der Waals surface area (Å²) < 4.78 is 6.82. The van der Waals surface area contributed by atoms with E-state index in [0.717, 1.165) is 30.7 Å². The Bertz CT molecular complexity index is 1310. The van der Waals surface area contributed by atoms with Crippen molar-refractivity contribution >= 4 is 74.4 Å². The van der Waals surface area contributed by atoms with E-state index in [-0.39, 0.29) is 29.4 Å². The van der Waals surface area contributed by atoms with Gasteiger partial charge < -0.3 is 20.0 Å². The quantitative estimate of drug-likeness (QED) is 0.221. The second-order valence-electron chi connectivity index (χ2n) is 9.72. The van der Waals surface area contributed by atoms with Crippen LogP contribution < -0.4 is 10.6 Å². The molecule has 2 aliphatic rings. The molecule has 38 heavy (non-hydrogen) atoms. The van der Waals surface area contributed by atoms with Crippen LogP contribution in [0.2, 0.25) is 5.02 Å². The molecule has 5 rings (SSSR count). The van der Waals surface area contributed by atoms with E-state index in [1.54, 1.807) is 30.3 Å². The molecule has 3 heterocycles. The van der Waals surface area contributed by atoms with Crippen LogP contribution in [0.15, 0.2) is 47.0 Å². The molecule has 1 aliphatic heterocycles. The van der Waals surface area contributed by atoms with Crippen LogP contribution in [0.5, 0.6) is 0 Å². The third-order valence-corrected chi connectivity index (χ3v) is 8.51. The number of para-hydroxylation sites is 1. The van der Waals surface area contributed by atoms with E-state index in [2.05, 4.69) is 43.1 Å². The molecule has 11 heteroatoms. The molecule has 3 aromatic rings. The second-order valence-corrected chi connectivity index (χ2v) is 10.8. The average molecular weight is 650 g/mol. The molecule has 9 nitrogen and oxygen atoms in total. The van der Waals surface area contributed by atoms with Crippen LogP contribution >= 0.6 is 34.2 Å². The van der Waals surface area contributed by atoms with Gasteiger partial charge in [0, 0.05) is 49.6 Å². The van der Waals surface area contributed by atoms with E-state index in [0.29, 0.717) is 53.2 Å². The number of hydrogen-bond donors (Lipinski definition) is 2. The number of hydrogen-bond acceptors (Lipinski definition) is 6. The minimum Gasteiger partial charge on any atom is -0.449 e. The van der Waals surface area contributed by atoms with E-state index in [4.69, 9.17) is 16.0 Å². The molecule has 200 valence electrons. The summed E-state index contributed by atoms with van der Waals surface area (Å²) in [5.41, 5.74) is 0.831. The Morgan fingerprint density at radius 2 is 1.68 bits per heavy atom. The van der Waals surface area contributed by atoms with Crippen LogP contribution in [0, 0.1) is 11.8 Å². The summed E-state index contributed by atoms with van der Waals surface area (Å²) in [5.74, 6) is -0.431. The molecule has 2 fully saturated rings. The van der Waals surface area contributed by atoms with Crippen molar-refractivity contribution in [3.8, 4) is 0 Å². The molecule has 1 aliphatic carbocycles. The number of fused-ring (bicyclic) bond motifs is 1. The zero-order valence-electron chi connectivity index (χ0n) is 20.8. The normalized spacial score (nSPS) is 20.3. The number of anilines is 2. The van der Waals surface area contributed by atoms with E-state index in [9.17, 15) is 14.4 Å². The smallest absolute Gasteiger partial charge is 0.294 e. The van der Waals surface area contributed by atoms with E-state index in [1.165, 1.54) is 6.20 Å². The fraction of sp³-hybridized carbons (Fsp3) is 0.407. The first-order valence-corrected chi connectivity index (χ1v) is 14.7. The molecule has 1 saturated heterocycles. The summed E-state index contributed by atoms with van der Waals surface area (Å²) in [7, 11) is 0. The SMILES string of the molecule is O=C(Nc1ccc(Cl)cn1)c1oc2ccccc2c1NC(=O)C1CCC(C(=O)N2CCN(CI)CC2)CC1. The third kappa shape index (κ3) is 5.97. The van der Waals surface area contributed by atoms with Gasteiger partial charge in [-0.2, -0.15) is 0 Å². The fourth-order valence-electron chi connectivity index (χ4n) is 5.13. The Morgan fingerprint density at radius 3 is 2.37 bits per heavy atom. The predicted octanol–water partition coefficient (Wildman–Crippen LogP) is 5.02. The van der Waals surface area contributed by atoms with E-state index in [1.807, 2.05) is 11.0 Å². The highest BCUT2D eigenvalue weighted by atomic mass is 127. The molecule has 0 radical (unpaired) electrons. The number of alkyl halides is 1.